The molecule has 1 aromatic carbocycles. The molecule has 148 valence electrons. The molecule has 3 aromatic rings. The summed E-state index contributed by atoms with van der Waals surface area (Å²) in [6.07, 6.45) is 1.61. The van der Waals surface area contributed by atoms with Gasteiger partial charge in [-0.05, 0) is 24.3 Å². The maximum atomic E-state index is 12.1. The number of rotatable bonds is 7. The van der Waals surface area contributed by atoms with Crippen molar-refractivity contribution < 1.29 is 13.9 Å². The first-order valence-corrected chi connectivity index (χ1v) is 9.46. The van der Waals surface area contributed by atoms with Gasteiger partial charge in [0, 0.05) is 32.2 Å². The summed E-state index contributed by atoms with van der Waals surface area (Å²) in [5.41, 5.74) is 1.93. The van der Waals surface area contributed by atoms with Crippen LogP contribution in [-0.2, 0) is 17.9 Å². The summed E-state index contributed by atoms with van der Waals surface area (Å²) >= 11 is 0. The van der Waals surface area contributed by atoms with Gasteiger partial charge in [-0.15, -0.1) is 0 Å². The molecule has 0 spiro atoms. The Morgan fingerprint density at radius 2 is 2.07 bits per heavy atom. The smallest absolute Gasteiger partial charge is 0.234 e. The van der Waals surface area contributed by atoms with E-state index in [2.05, 4.69) is 25.1 Å². The quantitative estimate of drug-likeness (QED) is 0.645. The van der Waals surface area contributed by atoms with E-state index in [9.17, 15) is 4.79 Å². The van der Waals surface area contributed by atoms with E-state index < -0.39 is 0 Å². The second-order valence-corrected chi connectivity index (χ2v) is 6.97. The number of hydrogen-bond donors (Lipinski definition) is 2. The molecular weight excluding hydrogens is 358 g/mol. The molecule has 3 heterocycles. The van der Waals surface area contributed by atoms with Crippen molar-refractivity contribution in [2.75, 3.05) is 39.8 Å². The van der Waals surface area contributed by atoms with Gasteiger partial charge in [-0.2, -0.15) is 0 Å². The van der Waals surface area contributed by atoms with E-state index in [4.69, 9.17) is 9.15 Å². The van der Waals surface area contributed by atoms with Crippen LogP contribution in [0.25, 0.3) is 11.0 Å². The normalized spacial score (nSPS) is 15.8. The number of ether oxygens (including phenoxy) is 1. The molecule has 2 aromatic heterocycles. The molecule has 0 saturated carbocycles. The Hall–Kier alpha value is -2.84. The van der Waals surface area contributed by atoms with Gasteiger partial charge < -0.3 is 19.5 Å². The lowest BCUT2D eigenvalue weighted by atomic mass is 10.3. The Labute approximate surface area is 163 Å². The zero-order valence-electron chi connectivity index (χ0n) is 16.0. The second kappa shape index (κ2) is 8.45. The van der Waals surface area contributed by atoms with E-state index in [1.165, 1.54) is 0 Å². The molecule has 2 N–H and O–H groups in total. The number of imidazole rings is 1. The second-order valence-electron chi connectivity index (χ2n) is 6.97. The van der Waals surface area contributed by atoms with Crippen LogP contribution < -0.4 is 10.1 Å². The van der Waals surface area contributed by atoms with Gasteiger partial charge in [-0.3, -0.25) is 14.6 Å². The molecular formula is C20H25N5O3. The highest BCUT2D eigenvalue weighted by atomic mass is 16.5. The van der Waals surface area contributed by atoms with Crippen LogP contribution in [0.5, 0.6) is 5.75 Å². The van der Waals surface area contributed by atoms with Crippen molar-refractivity contribution in [1.29, 1.82) is 0 Å². The Kier molecular flexibility index (Phi) is 5.59. The number of carbonyl (C=O) groups excluding carboxylic acids is 1. The number of furan rings is 1. The van der Waals surface area contributed by atoms with Crippen LogP contribution in [0.4, 0.5) is 0 Å². The number of nitrogens with zero attached hydrogens (tertiary/aromatic N) is 3. The number of benzene rings is 1. The zero-order chi connectivity index (χ0) is 19.3. The third-order valence-electron chi connectivity index (χ3n) is 4.98. The van der Waals surface area contributed by atoms with Gasteiger partial charge in [0.2, 0.25) is 5.91 Å². The molecule has 0 unspecified atom stereocenters. The number of hydrogen-bond acceptors (Lipinski definition) is 6. The van der Waals surface area contributed by atoms with Gasteiger partial charge in [0.25, 0.3) is 0 Å². The molecule has 8 heteroatoms. The number of aromatic nitrogens is 2. The predicted molar refractivity (Wildman–Crippen MR) is 105 cm³/mol. The lowest BCUT2D eigenvalue weighted by Crippen LogP contribution is -2.49. The Morgan fingerprint density at radius 1 is 1.25 bits per heavy atom. The van der Waals surface area contributed by atoms with Gasteiger partial charge in [0.05, 0.1) is 44.0 Å². The van der Waals surface area contributed by atoms with E-state index in [1.54, 1.807) is 13.4 Å². The Balaban J connectivity index is 1.23. The SMILES string of the molecule is COc1ccc2nc(CN3CCN(CC(=O)NCc4ccco4)CC3)[nH]c2c1. The Bertz CT molecular complexity index is 913. The number of H-pyrrole nitrogens is 1. The molecule has 0 radical (unpaired) electrons. The molecule has 1 aliphatic heterocycles. The summed E-state index contributed by atoms with van der Waals surface area (Å²) < 4.78 is 10.5. The molecule has 1 amide bonds. The van der Waals surface area contributed by atoms with Gasteiger partial charge in [-0.1, -0.05) is 0 Å². The third-order valence-corrected chi connectivity index (χ3v) is 4.98. The summed E-state index contributed by atoms with van der Waals surface area (Å²) in [6, 6.07) is 9.52. The van der Waals surface area contributed by atoms with Crippen LogP contribution >= 0.6 is 0 Å². The number of fused-ring (bicyclic) bond motifs is 1. The summed E-state index contributed by atoms with van der Waals surface area (Å²) in [7, 11) is 1.66. The molecule has 0 bridgehead atoms. The first-order valence-electron chi connectivity index (χ1n) is 9.46. The van der Waals surface area contributed by atoms with Gasteiger partial charge in [0.1, 0.15) is 17.3 Å². The maximum absolute atomic E-state index is 12.1. The standard InChI is InChI=1S/C20H25N5O3/c1-27-15-4-5-17-18(11-15)23-19(22-17)13-24-6-8-25(9-7-24)14-20(26)21-12-16-3-2-10-28-16/h2-5,10-11H,6-9,12-14H2,1H3,(H,21,26)(H,22,23). The van der Waals surface area contributed by atoms with Crippen LogP contribution in [0.1, 0.15) is 11.6 Å². The average molecular weight is 383 g/mol. The lowest BCUT2D eigenvalue weighted by Gasteiger charge is -2.33. The molecule has 8 nitrogen and oxygen atoms in total. The van der Waals surface area contributed by atoms with Crippen molar-refractivity contribution in [2.24, 2.45) is 0 Å². The lowest BCUT2D eigenvalue weighted by molar-refractivity contribution is -0.122. The fraction of sp³-hybridized carbons (Fsp3) is 0.400. The number of nitrogens with one attached hydrogen (secondary N) is 2. The first-order chi connectivity index (χ1) is 13.7. The molecule has 1 saturated heterocycles. The summed E-state index contributed by atoms with van der Waals surface area (Å²) in [4.78, 5) is 24.7. The molecule has 0 aliphatic carbocycles. The van der Waals surface area contributed by atoms with Crippen molar-refractivity contribution in [3.05, 3.63) is 48.2 Å². The van der Waals surface area contributed by atoms with Crippen LogP contribution in [0.3, 0.4) is 0 Å². The number of amides is 1. The minimum atomic E-state index is 0.0241. The monoisotopic (exact) mass is 383 g/mol. The van der Waals surface area contributed by atoms with Gasteiger partial charge >= 0.3 is 0 Å². The highest BCUT2D eigenvalue weighted by Crippen LogP contribution is 2.19. The van der Waals surface area contributed by atoms with Crippen LogP contribution in [0.2, 0.25) is 0 Å². The number of methoxy groups -OCH3 is 1. The minimum Gasteiger partial charge on any atom is -0.497 e. The van der Waals surface area contributed by atoms with E-state index in [0.29, 0.717) is 13.1 Å². The summed E-state index contributed by atoms with van der Waals surface area (Å²) in [6.45, 7) is 5.17. The fourth-order valence-electron chi connectivity index (χ4n) is 3.42. The van der Waals surface area contributed by atoms with Crippen LogP contribution in [-0.4, -0.2) is 65.5 Å². The van der Waals surface area contributed by atoms with E-state index in [1.807, 2.05) is 30.3 Å². The van der Waals surface area contributed by atoms with Crippen molar-refractivity contribution in [3.8, 4) is 5.75 Å². The average Bonchev–Trinajstić information content (AvgIpc) is 3.36. The molecule has 0 atom stereocenters. The molecule has 1 aliphatic rings. The highest BCUT2D eigenvalue weighted by Gasteiger charge is 2.20. The molecule has 1 fully saturated rings. The fourth-order valence-corrected chi connectivity index (χ4v) is 3.42. The van der Waals surface area contributed by atoms with E-state index in [0.717, 1.165) is 61.1 Å². The molecule has 28 heavy (non-hydrogen) atoms. The van der Waals surface area contributed by atoms with Gasteiger partial charge in [-0.25, -0.2) is 4.98 Å². The van der Waals surface area contributed by atoms with E-state index >= 15 is 0 Å². The van der Waals surface area contributed by atoms with Crippen molar-refractivity contribution in [1.82, 2.24) is 25.1 Å². The van der Waals surface area contributed by atoms with Crippen molar-refractivity contribution >= 4 is 16.9 Å². The van der Waals surface area contributed by atoms with Crippen molar-refractivity contribution in [3.63, 3.8) is 0 Å². The predicted octanol–water partition coefficient (Wildman–Crippen LogP) is 1.60. The highest BCUT2D eigenvalue weighted by molar-refractivity contribution is 5.78. The van der Waals surface area contributed by atoms with Gasteiger partial charge in [0.15, 0.2) is 0 Å². The number of aromatic amines is 1. The topological polar surface area (TPSA) is 86.6 Å². The Morgan fingerprint density at radius 3 is 2.82 bits per heavy atom. The number of piperazine rings is 1. The minimum absolute atomic E-state index is 0.0241. The van der Waals surface area contributed by atoms with E-state index in [-0.39, 0.29) is 5.91 Å². The maximum Gasteiger partial charge on any atom is 0.234 e. The van der Waals surface area contributed by atoms with Crippen LogP contribution in [0, 0.1) is 0 Å². The molecule has 4 rings (SSSR count). The summed E-state index contributed by atoms with van der Waals surface area (Å²) in [5.74, 6) is 2.56. The van der Waals surface area contributed by atoms with Crippen LogP contribution in [0.15, 0.2) is 41.0 Å². The number of carbonyl (C=O) groups is 1. The largest absolute Gasteiger partial charge is 0.497 e. The summed E-state index contributed by atoms with van der Waals surface area (Å²) in [5, 5.41) is 2.89. The van der Waals surface area contributed by atoms with Crippen molar-refractivity contribution in [2.45, 2.75) is 13.1 Å². The zero-order valence-corrected chi connectivity index (χ0v) is 16.0. The first kappa shape index (κ1) is 18.5. The third kappa shape index (κ3) is 4.52.